The van der Waals surface area contributed by atoms with Crippen molar-refractivity contribution < 1.29 is 4.39 Å². The molecule has 0 unspecified atom stereocenters. The predicted molar refractivity (Wildman–Crippen MR) is 49.2 cm³/mol. The SMILES string of the molecule is O=c1[nH]ncn1-c1cccc(Cl)c1F. The summed E-state index contributed by atoms with van der Waals surface area (Å²) in [5, 5.41) is 5.61. The summed E-state index contributed by atoms with van der Waals surface area (Å²) in [6, 6.07) is 4.41. The first kappa shape index (κ1) is 8.96. The number of halogens is 2. The second-order valence-corrected chi connectivity index (χ2v) is 3.01. The third-order valence-corrected chi connectivity index (χ3v) is 2.03. The van der Waals surface area contributed by atoms with Crippen LogP contribution in [0.3, 0.4) is 0 Å². The molecular weight excluding hydrogens is 209 g/mol. The Hall–Kier alpha value is -1.62. The maximum absolute atomic E-state index is 13.4. The van der Waals surface area contributed by atoms with Gasteiger partial charge in [-0.05, 0) is 12.1 Å². The van der Waals surface area contributed by atoms with E-state index in [-0.39, 0.29) is 10.7 Å². The second kappa shape index (κ2) is 3.26. The van der Waals surface area contributed by atoms with E-state index in [4.69, 9.17) is 11.6 Å². The normalized spacial score (nSPS) is 10.4. The first-order valence-electron chi connectivity index (χ1n) is 3.76. The fraction of sp³-hybridized carbons (Fsp3) is 0. The molecule has 1 N–H and O–H groups in total. The molecule has 0 fully saturated rings. The molecule has 2 aromatic rings. The van der Waals surface area contributed by atoms with Crippen LogP contribution in [-0.4, -0.2) is 14.8 Å². The Kier molecular flexibility index (Phi) is 2.09. The number of hydrogen-bond acceptors (Lipinski definition) is 2. The third kappa shape index (κ3) is 1.31. The molecule has 1 heterocycles. The van der Waals surface area contributed by atoms with Crippen LogP contribution in [0.5, 0.6) is 0 Å². The van der Waals surface area contributed by atoms with Crippen LogP contribution in [0.25, 0.3) is 5.69 Å². The van der Waals surface area contributed by atoms with Crippen molar-refractivity contribution in [3.8, 4) is 5.69 Å². The molecule has 0 aliphatic carbocycles. The Morgan fingerprint density at radius 3 is 2.93 bits per heavy atom. The van der Waals surface area contributed by atoms with Gasteiger partial charge in [0.2, 0.25) is 0 Å². The maximum atomic E-state index is 13.4. The van der Waals surface area contributed by atoms with Gasteiger partial charge < -0.3 is 0 Å². The second-order valence-electron chi connectivity index (χ2n) is 2.60. The fourth-order valence-electron chi connectivity index (χ4n) is 1.10. The Morgan fingerprint density at radius 2 is 2.29 bits per heavy atom. The Balaban J connectivity index is 2.69. The number of H-pyrrole nitrogens is 1. The highest BCUT2D eigenvalue weighted by atomic mass is 35.5. The average molecular weight is 214 g/mol. The van der Waals surface area contributed by atoms with Crippen LogP contribution in [0.2, 0.25) is 5.02 Å². The van der Waals surface area contributed by atoms with Gasteiger partial charge in [-0.2, -0.15) is 5.10 Å². The zero-order valence-corrected chi connectivity index (χ0v) is 7.62. The predicted octanol–water partition coefficient (Wildman–Crippen LogP) is 1.35. The minimum absolute atomic E-state index is 0.0319. The number of nitrogens with one attached hydrogen (secondary N) is 1. The Labute approximate surface area is 82.9 Å². The first-order chi connectivity index (χ1) is 6.70. The summed E-state index contributed by atoms with van der Waals surface area (Å²) in [4.78, 5) is 11.1. The number of aromatic nitrogens is 3. The van der Waals surface area contributed by atoms with Crippen molar-refractivity contribution in [2.75, 3.05) is 0 Å². The molecule has 0 radical (unpaired) electrons. The monoisotopic (exact) mass is 213 g/mol. The van der Waals surface area contributed by atoms with E-state index in [2.05, 4.69) is 10.2 Å². The van der Waals surface area contributed by atoms with Crippen LogP contribution in [0.1, 0.15) is 0 Å². The maximum Gasteiger partial charge on any atom is 0.347 e. The molecule has 2 rings (SSSR count). The van der Waals surface area contributed by atoms with Crippen LogP contribution >= 0.6 is 11.6 Å². The van der Waals surface area contributed by atoms with Crippen molar-refractivity contribution in [3.05, 3.63) is 45.9 Å². The summed E-state index contributed by atoms with van der Waals surface area (Å²) in [6.45, 7) is 0. The molecule has 1 aromatic carbocycles. The van der Waals surface area contributed by atoms with Gasteiger partial charge in [-0.25, -0.2) is 18.9 Å². The van der Waals surface area contributed by atoms with Crippen molar-refractivity contribution in [3.63, 3.8) is 0 Å². The highest BCUT2D eigenvalue weighted by molar-refractivity contribution is 6.30. The van der Waals surface area contributed by atoms with Crippen molar-refractivity contribution in [2.45, 2.75) is 0 Å². The lowest BCUT2D eigenvalue weighted by atomic mass is 10.3. The molecule has 72 valence electrons. The lowest BCUT2D eigenvalue weighted by Crippen LogP contribution is -2.15. The highest BCUT2D eigenvalue weighted by Gasteiger charge is 2.09. The van der Waals surface area contributed by atoms with Gasteiger partial charge in [-0.15, -0.1) is 0 Å². The van der Waals surface area contributed by atoms with Gasteiger partial charge in [0.05, 0.1) is 10.7 Å². The molecule has 0 atom stereocenters. The largest absolute Gasteiger partial charge is 0.347 e. The van der Waals surface area contributed by atoms with Crippen molar-refractivity contribution in [1.29, 1.82) is 0 Å². The summed E-state index contributed by atoms with van der Waals surface area (Å²) in [7, 11) is 0. The molecule has 0 aliphatic rings. The minimum Gasteiger partial charge on any atom is -0.247 e. The molecule has 0 saturated carbocycles. The topological polar surface area (TPSA) is 50.7 Å². The molecule has 6 heteroatoms. The third-order valence-electron chi connectivity index (χ3n) is 1.74. The number of hydrogen-bond donors (Lipinski definition) is 1. The molecule has 14 heavy (non-hydrogen) atoms. The van der Waals surface area contributed by atoms with E-state index >= 15 is 0 Å². The quantitative estimate of drug-likeness (QED) is 0.778. The molecule has 0 bridgehead atoms. The van der Waals surface area contributed by atoms with Gasteiger partial charge in [-0.1, -0.05) is 17.7 Å². The molecular formula is C8H5ClFN3O. The van der Waals surface area contributed by atoms with Crippen LogP contribution in [0, 0.1) is 5.82 Å². The first-order valence-corrected chi connectivity index (χ1v) is 4.14. The standard InChI is InChI=1S/C8H5ClFN3O/c9-5-2-1-3-6(7(5)10)13-4-11-12-8(13)14/h1-4H,(H,12,14). The molecule has 0 aliphatic heterocycles. The van der Waals surface area contributed by atoms with Crippen LogP contribution in [0.4, 0.5) is 4.39 Å². The average Bonchev–Trinajstić information content (AvgIpc) is 2.57. The number of nitrogens with zero attached hydrogens (tertiary/aromatic N) is 2. The van der Waals surface area contributed by atoms with Crippen molar-refractivity contribution >= 4 is 11.6 Å². The van der Waals surface area contributed by atoms with E-state index in [1.807, 2.05) is 0 Å². The smallest absolute Gasteiger partial charge is 0.247 e. The minimum atomic E-state index is -0.641. The number of aromatic amines is 1. The zero-order chi connectivity index (χ0) is 10.1. The summed E-state index contributed by atoms with van der Waals surface area (Å²) in [6.07, 6.45) is 1.19. The van der Waals surface area contributed by atoms with Gasteiger partial charge in [0.25, 0.3) is 0 Å². The summed E-state index contributed by atoms with van der Waals surface area (Å²) >= 11 is 5.56. The summed E-state index contributed by atoms with van der Waals surface area (Å²) in [5.41, 5.74) is -0.428. The van der Waals surface area contributed by atoms with Gasteiger partial charge in [-0.3, -0.25) is 0 Å². The Bertz CT molecular complexity index is 519. The van der Waals surface area contributed by atoms with Crippen molar-refractivity contribution in [2.24, 2.45) is 0 Å². The van der Waals surface area contributed by atoms with Gasteiger partial charge in [0.15, 0.2) is 5.82 Å². The molecule has 1 aromatic heterocycles. The van der Waals surface area contributed by atoms with E-state index in [1.165, 1.54) is 18.5 Å². The van der Waals surface area contributed by atoms with Crippen LogP contribution in [-0.2, 0) is 0 Å². The summed E-state index contributed by atoms with van der Waals surface area (Å²) in [5.74, 6) is -0.641. The van der Waals surface area contributed by atoms with E-state index in [9.17, 15) is 9.18 Å². The van der Waals surface area contributed by atoms with Crippen molar-refractivity contribution in [1.82, 2.24) is 14.8 Å². The molecule has 0 saturated heterocycles. The number of benzene rings is 1. The van der Waals surface area contributed by atoms with Crippen LogP contribution < -0.4 is 5.69 Å². The Morgan fingerprint density at radius 1 is 1.50 bits per heavy atom. The molecule has 0 amide bonds. The van der Waals surface area contributed by atoms with Gasteiger partial charge in [0, 0.05) is 0 Å². The zero-order valence-electron chi connectivity index (χ0n) is 6.87. The van der Waals surface area contributed by atoms with E-state index in [0.29, 0.717) is 0 Å². The molecule has 4 nitrogen and oxygen atoms in total. The lowest BCUT2D eigenvalue weighted by molar-refractivity contribution is 0.617. The van der Waals surface area contributed by atoms with E-state index < -0.39 is 11.5 Å². The van der Waals surface area contributed by atoms with E-state index in [0.717, 1.165) is 4.57 Å². The number of rotatable bonds is 1. The fourth-order valence-corrected chi connectivity index (χ4v) is 1.27. The van der Waals surface area contributed by atoms with E-state index in [1.54, 1.807) is 6.07 Å². The van der Waals surface area contributed by atoms with Gasteiger partial charge in [0.1, 0.15) is 6.33 Å². The summed E-state index contributed by atoms with van der Waals surface area (Å²) < 4.78 is 14.5. The molecule has 0 spiro atoms. The van der Waals surface area contributed by atoms with Crippen LogP contribution in [0.15, 0.2) is 29.3 Å². The van der Waals surface area contributed by atoms with Gasteiger partial charge >= 0.3 is 5.69 Å². The highest BCUT2D eigenvalue weighted by Crippen LogP contribution is 2.19. The lowest BCUT2D eigenvalue weighted by Gasteiger charge is -2.02.